The molecule has 1 heterocycles. The highest BCUT2D eigenvalue weighted by Gasteiger charge is 2.07. The van der Waals surface area contributed by atoms with Crippen molar-refractivity contribution in [3.05, 3.63) is 34.2 Å². The minimum Gasteiger partial charge on any atom is -0.320 e. The highest BCUT2D eigenvalue weighted by Crippen LogP contribution is 2.14. The predicted molar refractivity (Wildman–Crippen MR) is 70.4 cm³/mol. The van der Waals surface area contributed by atoms with E-state index in [0.717, 1.165) is 30.4 Å². The molecule has 0 aliphatic carbocycles. The average molecular weight is 233 g/mol. The van der Waals surface area contributed by atoms with Gasteiger partial charge < -0.3 is 5.32 Å². The van der Waals surface area contributed by atoms with Gasteiger partial charge in [0.2, 0.25) is 0 Å². The van der Waals surface area contributed by atoms with Crippen LogP contribution in [0.4, 0.5) is 0 Å². The highest BCUT2D eigenvalue weighted by atomic mass is 16.1. The Bertz CT molecular complexity index is 580. The van der Waals surface area contributed by atoms with Crippen molar-refractivity contribution in [2.45, 2.75) is 12.8 Å². The molecule has 0 atom stereocenters. The SMILES string of the molecule is CNCCCc1ccc2c(c1)n(C)c(=O)n2C. The van der Waals surface area contributed by atoms with Crippen molar-refractivity contribution in [1.29, 1.82) is 0 Å². The fourth-order valence-electron chi connectivity index (χ4n) is 2.18. The lowest BCUT2D eigenvalue weighted by molar-refractivity contribution is 0.725. The average Bonchev–Trinajstić information content (AvgIpc) is 2.55. The first-order valence-electron chi connectivity index (χ1n) is 5.94. The van der Waals surface area contributed by atoms with Crippen LogP contribution in [0.25, 0.3) is 11.0 Å². The molecule has 0 aliphatic rings. The first-order chi connectivity index (χ1) is 8.15. The van der Waals surface area contributed by atoms with Crippen LogP contribution in [0.2, 0.25) is 0 Å². The zero-order valence-corrected chi connectivity index (χ0v) is 10.7. The molecule has 0 bridgehead atoms. The fraction of sp³-hybridized carbons (Fsp3) is 0.462. The maximum Gasteiger partial charge on any atom is 0.328 e. The summed E-state index contributed by atoms with van der Waals surface area (Å²) in [5, 5.41) is 3.14. The minimum atomic E-state index is 0.0346. The smallest absolute Gasteiger partial charge is 0.320 e. The zero-order chi connectivity index (χ0) is 12.4. The van der Waals surface area contributed by atoms with Crippen molar-refractivity contribution < 1.29 is 0 Å². The molecule has 1 aromatic heterocycles. The van der Waals surface area contributed by atoms with Crippen LogP contribution in [0, 0.1) is 0 Å². The lowest BCUT2D eigenvalue weighted by Crippen LogP contribution is -2.19. The number of nitrogens with zero attached hydrogens (tertiary/aromatic N) is 2. The van der Waals surface area contributed by atoms with Crippen LogP contribution < -0.4 is 11.0 Å². The van der Waals surface area contributed by atoms with Crippen molar-refractivity contribution >= 4 is 11.0 Å². The Morgan fingerprint density at radius 1 is 1.18 bits per heavy atom. The standard InChI is InChI=1S/C13H19N3O/c1-14-8-4-5-10-6-7-11-12(9-10)16(3)13(17)15(11)2/h6-7,9,14H,4-5,8H2,1-3H3. The quantitative estimate of drug-likeness (QED) is 0.801. The van der Waals surface area contributed by atoms with Gasteiger partial charge in [0.1, 0.15) is 0 Å². The van der Waals surface area contributed by atoms with Gasteiger partial charge in [0.05, 0.1) is 11.0 Å². The molecule has 0 amide bonds. The Morgan fingerprint density at radius 2 is 1.88 bits per heavy atom. The minimum absolute atomic E-state index is 0.0346. The summed E-state index contributed by atoms with van der Waals surface area (Å²) >= 11 is 0. The summed E-state index contributed by atoms with van der Waals surface area (Å²) < 4.78 is 3.39. The molecular formula is C13H19N3O. The maximum atomic E-state index is 11.8. The van der Waals surface area contributed by atoms with E-state index in [-0.39, 0.29) is 5.69 Å². The third-order valence-corrected chi connectivity index (χ3v) is 3.23. The molecule has 1 aromatic carbocycles. The number of benzene rings is 1. The van der Waals surface area contributed by atoms with Crippen molar-refractivity contribution in [1.82, 2.24) is 14.5 Å². The zero-order valence-electron chi connectivity index (χ0n) is 10.7. The van der Waals surface area contributed by atoms with E-state index in [2.05, 4.69) is 17.4 Å². The number of hydrogen-bond acceptors (Lipinski definition) is 2. The topological polar surface area (TPSA) is 39.0 Å². The molecule has 0 fully saturated rings. The summed E-state index contributed by atoms with van der Waals surface area (Å²) in [5.41, 5.74) is 3.33. The Kier molecular flexibility index (Phi) is 3.33. The number of imidazole rings is 1. The fourth-order valence-corrected chi connectivity index (χ4v) is 2.18. The predicted octanol–water partition coefficient (Wildman–Crippen LogP) is 1.03. The normalized spacial score (nSPS) is 11.2. The second kappa shape index (κ2) is 4.75. The van der Waals surface area contributed by atoms with Gasteiger partial charge in [-0.2, -0.15) is 0 Å². The molecule has 0 spiro atoms. The van der Waals surface area contributed by atoms with Crippen LogP contribution in [0.5, 0.6) is 0 Å². The molecule has 2 rings (SSSR count). The van der Waals surface area contributed by atoms with Crippen molar-refractivity contribution in [3.8, 4) is 0 Å². The van der Waals surface area contributed by atoms with E-state index in [1.54, 1.807) is 9.13 Å². The summed E-state index contributed by atoms with van der Waals surface area (Å²) in [6, 6.07) is 6.26. The Morgan fingerprint density at radius 3 is 2.59 bits per heavy atom. The third-order valence-electron chi connectivity index (χ3n) is 3.23. The summed E-state index contributed by atoms with van der Waals surface area (Å²) in [6.07, 6.45) is 2.16. The first kappa shape index (κ1) is 11.9. The van der Waals surface area contributed by atoms with Gasteiger partial charge in [-0.15, -0.1) is 0 Å². The molecule has 1 N–H and O–H groups in total. The Labute approximate surface area is 101 Å². The molecule has 0 radical (unpaired) electrons. The van der Waals surface area contributed by atoms with Crippen LogP contribution in [-0.2, 0) is 20.5 Å². The van der Waals surface area contributed by atoms with E-state index in [9.17, 15) is 4.79 Å². The van der Waals surface area contributed by atoms with Gasteiger partial charge in [-0.25, -0.2) is 4.79 Å². The molecule has 0 saturated carbocycles. The van der Waals surface area contributed by atoms with Crippen LogP contribution in [-0.4, -0.2) is 22.7 Å². The van der Waals surface area contributed by atoms with Crippen molar-refractivity contribution in [2.24, 2.45) is 14.1 Å². The monoisotopic (exact) mass is 233 g/mol. The lowest BCUT2D eigenvalue weighted by atomic mass is 10.1. The molecule has 4 heteroatoms. The maximum absolute atomic E-state index is 11.8. The molecule has 17 heavy (non-hydrogen) atoms. The van der Waals surface area contributed by atoms with Gasteiger partial charge in [0.25, 0.3) is 0 Å². The van der Waals surface area contributed by atoms with E-state index in [1.807, 2.05) is 27.2 Å². The molecule has 0 saturated heterocycles. The summed E-state index contributed by atoms with van der Waals surface area (Å²) in [5.74, 6) is 0. The molecular weight excluding hydrogens is 214 g/mol. The van der Waals surface area contributed by atoms with Crippen molar-refractivity contribution in [2.75, 3.05) is 13.6 Å². The number of aromatic nitrogens is 2. The summed E-state index contributed by atoms with van der Waals surface area (Å²) in [7, 11) is 5.59. The van der Waals surface area contributed by atoms with Gasteiger partial charge in [-0.3, -0.25) is 9.13 Å². The van der Waals surface area contributed by atoms with E-state index >= 15 is 0 Å². The molecule has 0 unspecified atom stereocenters. The van der Waals surface area contributed by atoms with E-state index in [1.165, 1.54) is 5.56 Å². The molecule has 92 valence electrons. The van der Waals surface area contributed by atoms with Gasteiger partial charge >= 0.3 is 5.69 Å². The number of aryl methyl sites for hydroxylation is 3. The van der Waals surface area contributed by atoms with Crippen LogP contribution in [0.15, 0.2) is 23.0 Å². The second-order valence-electron chi connectivity index (χ2n) is 4.43. The van der Waals surface area contributed by atoms with E-state index in [0.29, 0.717) is 0 Å². The Balaban J connectivity index is 2.37. The van der Waals surface area contributed by atoms with Gasteiger partial charge in [-0.1, -0.05) is 6.07 Å². The summed E-state index contributed by atoms with van der Waals surface area (Å²) in [6.45, 7) is 1.02. The Hall–Kier alpha value is -1.55. The molecule has 4 nitrogen and oxygen atoms in total. The van der Waals surface area contributed by atoms with Crippen LogP contribution >= 0.6 is 0 Å². The van der Waals surface area contributed by atoms with Crippen LogP contribution in [0.3, 0.4) is 0 Å². The van der Waals surface area contributed by atoms with Gasteiger partial charge in [0.15, 0.2) is 0 Å². The number of rotatable bonds is 4. The van der Waals surface area contributed by atoms with Crippen LogP contribution in [0.1, 0.15) is 12.0 Å². The first-order valence-corrected chi connectivity index (χ1v) is 5.94. The number of nitrogens with one attached hydrogen (secondary N) is 1. The third kappa shape index (κ3) is 2.13. The van der Waals surface area contributed by atoms with E-state index < -0.39 is 0 Å². The lowest BCUT2D eigenvalue weighted by Gasteiger charge is -2.02. The van der Waals surface area contributed by atoms with E-state index in [4.69, 9.17) is 0 Å². The summed E-state index contributed by atoms with van der Waals surface area (Å²) in [4.78, 5) is 11.8. The van der Waals surface area contributed by atoms with Gasteiger partial charge in [-0.05, 0) is 44.1 Å². The largest absolute Gasteiger partial charge is 0.328 e. The van der Waals surface area contributed by atoms with Crippen molar-refractivity contribution in [3.63, 3.8) is 0 Å². The van der Waals surface area contributed by atoms with Gasteiger partial charge in [0, 0.05) is 14.1 Å². The molecule has 0 aliphatic heterocycles. The molecule has 2 aromatic rings. The second-order valence-corrected chi connectivity index (χ2v) is 4.43. The highest BCUT2D eigenvalue weighted by molar-refractivity contribution is 5.76. The number of fused-ring (bicyclic) bond motifs is 1. The number of hydrogen-bond donors (Lipinski definition) is 1.